The maximum atomic E-state index is 6.03. The van der Waals surface area contributed by atoms with Crippen LogP contribution in [0.25, 0.3) is 11.0 Å². The largest absolute Gasteiger partial charge is 0.327 e. The van der Waals surface area contributed by atoms with Crippen molar-refractivity contribution >= 4 is 22.6 Å². The van der Waals surface area contributed by atoms with Crippen LogP contribution in [-0.4, -0.2) is 9.55 Å². The van der Waals surface area contributed by atoms with Crippen LogP contribution < -0.4 is 0 Å². The highest BCUT2D eigenvalue weighted by atomic mass is 35.5. The molecule has 0 aliphatic heterocycles. The number of rotatable bonds is 5. The van der Waals surface area contributed by atoms with Crippen LogP contribution in [0.1, 0.15) is 38.1 Å². The SMILES string of the molecule is CCC(CC)Cn1c(CCl)nc2ccc(C)cc21. The van der Waals surface area contributed by atoms with E-state index in [2.05, 4.69) is 48.5 Å². The zero-order chi connectivity index (χ0) is 13.1. The minimum absolute atomic E-state index is 0.480. The first kappa shape index (κ1) is 13.4. The van der Waals surface area contributed by atoms with Crippen molar-refractivity contribution in [1.29, 1.82) is 0 Å². The molecule has 0 saturated carbocycles. The summed E-state index contributed by atoms with van der Waals surface area (Å²) in [4.78, 5) is 4.62. The molecule has 2 aromatic rings. The summed E-state index contributed by atoms with van der Waals surface area (Å²) in [7, 11) is 0. The zero-order valence-corrected chi connectivity index (χ0v) is 12.2. The molecule has 0 atom stereocenters. The van der Waals surface area contributed by atoms with Crippen LogP contribution in [0.5, 0.6) is 0 Å². The van der Waals surface area contributed by atoms with Gasteiger partial charge in [-0.05, 0) is 30.5 Å². The highest BCUT2D eigenvalue weighted by Crippen LogP contribution is 2.22. The lowest BCUT2D eigenvalue weighted by molar-refractivity contribution is 0.419. The molecule has 98 valence electrons. The second-order valence-electron chi connectivity index (χ2n) is 4.95. The summed E-state index contributed by atoms with van der Waals surface area (Å²) in [5, 5.41) is 0. The van der Waals surface area contributed by atoms with Crippen LogP contribution in [0, 0.1) is 12.8 Å². The van der Waals surface area contributed by atoms with Gasteiger partial charge in [-0.2, -0.15) is 0 Å². The number of benzene rings is 1. The van der Waals surface area contributed by atoms with Gasteiger partial charge in [0.05, 0.1) is 16.9 Å². The first-order valence-corrected chi connectivity index (χ1v) is 7.24. The zero-order valence-electron chi connectivity index (χ0n) is 11.4. The van der Waals surface area contributed by atoms with E-state index in [9.17, 15) is 0 Å². The number of imidazole rings is 1. The molecular formula is C15H21ClN2. The van der Waals surface area contributed by atoms with Gasteiger partial charge in [0.2, 0.25) is 0 Å². The topological polar surface area (TPSA) is 17.8 Å². The Morgan fingerprint density at radius 2 is 2.00 bits per heavy atom. The lowest BCUT2D eigenvalue weighted by atomic mass is 10.0. The average molecular weight is 265 g/mol. The third-order valence-corrected chi connectivity index (χ3v) is 3.94. The standard InChI is InChI=1S/C15H21ClN2/c1-4-12(5-2)10-18-14-8-11(3)6-7-13(14)17-15(18)9-16/h6-8,12H,4-5,9-10H2,1-3H3. The highest BCUT2D eigenvalue weighted by molar-refractivity contribution is 6.16. The van der Waals surface area contributed by atoms with Gasteiger partial charge in [0, 0.05) is 6.54 Å². The van der Waals surface area contributed by atoms with Gasteiger partial charge in [-0.3, -0.25) is 0 Å². The van der Waals surface area contributed by atoms with E-state index in [1.54, 1.807) is 0 Å². The van der Waals surface area contributed by atoms with Gasteiger partial charge in [0.25, 0.3) is 0 Å². The summed E-state index contributed by atoms with van der Waals surface area (Å²) in [6.07, 6.45) is 2.40. The number of aromatic nitrogens is 2. The number of halogens is 1. The molecule has 0 N–H and O–H groups in total. The van der Waals surface area contributed by atoms with E-state index in [0.717, 1.165) is 17.9 Å². The number of hydrogen-bond acceptors (Lipinski definition) is 1. The second-order valence-corrected chi connectivity index (χ2v) is 5.21. The fourth-order valence-electron chi connectivity index (χ4n) is 2.39. The Hall–Kier alpha value is -1.02. The van der Waals surface area contributed by atoms with E-state index in [1.807, 2.05) is 0 Å². The summed E-state index contributed by atoms with van der Waals surface area (Å²) in [6, 6.07) is 6.40. The van der Waals surface area contributed by atoms with Crippen molar-refractivity contribution in [2.24, 2.45) is 5.92 Å². The monoisotopic (exact) mass is 264 g/mol. The molecule has 0 bridgehead atoms. The Balaban J connectivity index is 2.48. The predicted molar refractivity (Wildman–Crippen MR) is 78.1 cm³/mol. The lowest BCUT2D eigenvalue weighted by Crippen LogP contribution is -2.11. The summed E-state index contributed by atoms with van der Waals surface area (Å²) >= 11 is 6.03. The number of nitrogens with zero attached hydrogens (tertiary/aromatic N) is 2. The van der Waals surface area contributed by atoms with Crippen molar-refractivity contribution in [3.63, 3.8) is 0 Å². The molecule has 0 unspecified atom stereocenters. The van der Waals surface area contributed by atoms with E-state index in [1.165, 1.54) is 23.9 Å². The van der Waals surface area contributed by atoms with Crippen LogP contribution >= 0.6 is 11.6 Å². The van der Waals surface area contributed by atoms with Gasteiger partial charge in [-0.1, -0.05) is 32.8 Å². The third-order valence-electron chi connectivity index (χ3n) is 3.70. The van der Waals surface area contributed by atoms with Crippen LogP contribution in [-0.2, 0) is 12.4 Å². The smallest absolute Gasteiger partial charge is 0.124 e. The third kappa shape index (κ3) is 2.54. The lowest BCUT2D eigenvalue weighted by Gasteiger charge is -2.15. The van der Waals surface area contributed by atoms with Gasteiger partial charge < -0.3 is 4.57 Å². The maximum Gasteiger partial charge on any atom is 0.124 e. The molecular weight excluding hydrogens is 244 g/mol. The number of alkyl halides is 1. The van der Waals surface area contributed by atoms with Crippen molar-refractivity contribution in [3.05, 3.63) is 29.6 Å². The quantitative estimate of drug-likeness (QED) is 0.726. The molecule has 0 aliphatic rings. The Bertz CT molecular complexity index is 527. The predicted octanol–water partition coefficient (Wildman–Crippen LogP) is 4.52. The van der Waals surface area contributed by atoms with Crippen LogP contribution in [0.15, 0.2) is 18.2 Å². The van der Waals surface area contributed by atoms with Crippen molar-refractivity contribution in [3.8, 4) is 0 Å². The molecule has 0 radical (unpaired) electrons. The minimum atomic E-state index is 0.480. The maximum absolute atomic E-state index is 6.03. The molecule has 1 aromatic heterocycles. The average Bonchev–Trinajstić information content (AvgIpc) is 2.73. The Morgan fingerprint density at radius 1 is 1.28 bits per heavy atom. The fraction of sp³-hybridized carbons (Fsp3) is 0.533. The molecule has 1 heterocycles. The van der Waals surface area contributed by atoms with Crippen molar-refractivity contribution in [1.82, 2.24) is 9.55 Å². The van der Waals surface area contributed by atoms with Crippen LogP contribution in [0.2, 0.25) is 0 Å². The highest BCUT2D eigenvalue weighted by Gasteiger charge is 2.13. The van der Waals surface area contributed by atoms with Crippen molar-refractivity contribution in [2.45, 2.75) is 46.0 Å². The fourth-order valence-corrected chi connectivity index (χ4v) is 2.60. The van der Waals surface area contributed by atoms with Gasteiger partial charge in [0.1, 0.15) is 5.82 Å². The summed E-state index contributed by atoms with van der Waals surface area (Å²) < 4.78 is 2.30. The van der Waals surface area contributed by atoms with Crippen LogP contribution in [0.3, 0.4) is 0 Å². The molecule has 3 heteroatoms. The Kier molecular flexibility index (Phi) is 4.28. The van der Waals surface area contributed by atoms with Crippen LogP contribution in [0.4, 0.5) is 0 Å². The minimum Gasteiger partial charge on any atom is -0.327 e. The molecule has 2 nitrogen and oxygen atoms in total. The first-order chi connectivity index (χ1) is 8.69. The van der Waals surface area contributed by atoms with Gasteiger partial charge in [0.15, 0.2) is 0 Å². The molecule has 1 aromatic carbocycles. The molecule has 18 heavy (non-hydrogen) atoms. The summed E-state index contributed by atoms with van der Waals surface area (Å²) in [5.41, 5.74) is 3.55. The summed E-state index contributed by atoms with van der Waals surface area (Å²) in [5.74, 6) is 2.17. The van der Waals surface area contributed by atoms with Gasteiger partial charge in [-0.15, -0.1) is 11.6 Å². The van der Waals surface area contributed by atoms with Gasteiger partial charge in [-0.25, -0.2) is 4.98 Å². The first-order valence-electron chi connectivity index (χ1n) is 6.71. The molecule has 0 amide bonds. The Labute approximate surface area is 114 Å². The number of hydrogen-bond donors (Lipinski definition) is 0. The van der Waals surface area contributed by atoms with E-state index in [-0.39, 0.29) is 0 Å². The Morgan fingerprint density at radius 3 is 2.61 bits per heavy atom. The summed E-state index contributed by atoms with van der Waals surface area (Å²) in [6.45, 7) is 7.64. The molecule has 0 spiro atoms. The second kappa shape index (κ2) is 5.75. The molecule has 0 fully saturated rings. The van der Waals surface area contributed by atoms with Crippen molar-refractivity contribution < 1.29 is 0 Å². The molecule has 0 aliphatic carbocycles. The van der Waals surface area contributed by atoms with Crippen molar-refractivity contribution in [2.75, 3.05) is 0 Å². The number of fused-ring (bicyclic) bond motifs is 1. The normalized spacial score (nSPS) is 11.6. The van der Waals surface area contributed by atoms with E-state index >= 15 is 0 Å². The molecule has 0 saturated heterocycles. The van der Waals surface area contributed by atoms with Gasteiger partial charge >= 0.3 is 0 Å². The molecule has 2 rings (SSSR count). The number of aryl methyl sites for hydroxylation is 1. The van der Waals surface area contributed by atoms with E-state index in [0.29, 0.717) is 11.8 Å². The van der Waals surface area contributed by atoms with E-state index < -0.39 is 0 Å². The van der Waals surface area contributed by atoms with E-state index in [4.69, 9.17) is 11.6 Å².